The Balaban J connectivity index is 1.50. The van der Waals surface area contributed by atoms with Gasteiger partial charge >= 0.3 is 0 Å². The highest BCUT2D eigenvalue weighted by molar-refractivity contribution is 6.42. The van der Waals surface area contributed by atoms with Crippen LogP contribution in [-0.4, -0.2) is 64.8 Å². The van der Waals surface area contributed by atoms with Gasteiger partial charge in [-0.1, -0.05) is 59.6 Å². The lowest BCUT2D eigenvalue weighted by Crippen LogP contribution is -2.54. The van der Waals surface area contributed by atoms with Crippen LogP contribution in [0.5, 0.6) is 0 Å². The molecule has 4 rings (SSSR count). The van der Waals surface area contributed by atoms with Crippen molar-refractivity contribution >= 4 is 40.9 Å². The Kier molecular flexibility index (Phi) is 9.08. The van der Waals surface area contributed by atoms with Gasteiger partial charge in [-0.05, 0) is 48.9 Å². The number of halogens is 2. The van der Waals surface area contributed by atoms with Gasteiger partial charge in [0.2, 0.25) is 17.7 Å². The zero-order valence-corrected chi connectivity index (χ0v) is 22.1. The molecule has 2 aliphatic heterocycles. The Morgan fingerprint density at radius 2 is 1.84 bits per heavy atom. The third kappa shape index (κ3) is 6.82. The minimum absolute atomic E-state index is 0.119. The van der Waals surface area contributed by atoms with E-state index in [1.54, 1.807) is 18.2 Å². The summed E-state index contributed by atoms with van der Waals surface area (Å²) in [5, 5.41) is 3.63. The van der Waals surface area contributed by atoms with E-state index in [4.69, 9.17) is 34.7 Å². The molecule has 10 heteroatoms. The predicted molar refractivity (Wildman–Crippen MR) is 144 cm³/mol. The van der Waals surface area contributed by atoms with Crippen molar-refractivity contribution in [3.05, 3.63) is 69.7 Å². The molecule has 2 heterocycles. The molecule has 4 atom stereocenters. The molecule has 198 valence electrons. The number of nitrogens with one attached hydrogen (secondary N) is 1. The highest BCUT2D eigenvalue weighted by Crippen LogP contribution is 2.30. The molecule has 0 saturated carbocycles. The van der Waals surface area contributed by atoms with Crippen LogP contribution < -0.4 is 16.8 Å². The minimum atomic E-state index is -1.00. The first-order chi connectivity index (χ1) is 17.7. The number of nitrogens with two attached hydrogens (primary N) is 2. The lowest BCUT2D eigenvalue weighted by molar-refractivity contribution is -0.144. The van der Waals surface area contributed by atoms with Gasteiger partial charge in [0.1, 0.15) is 6.04 Å². The second kappa shape index (κ2) is 12.3. The number of hydrogen-bond donors (Lipinski definition) is 3. The van der Waals surface area contributed by atoms with Crippen LogP contribution in [0.4, 0.5) is 0 Å². The molecule has 37 heavy (non-hydrogen) atoms. The first-order valence-electron chi connectivity index (χ1n) is 12.6. The van der Waals surface area contributed by atoms with Crippen molar-refractivity contribution in [2.75, 3.05) is 13.1 Å². The Morgan fingerprint density at radius 3 is 2.54 bits per heavy atom. The third-order valence-electron chi connectivity index (χ3n) is 7.25. The fourth-order valence-corrected chi connectivity index (χ4v) is 5.71. The van der Waals surface area contributed by atoms with E-state index in [1.807, 2.05) is 18.2 Å². The Morgan fingerprint density at radius 1 is 1.08 bits per heavy atom. The van der Waals surface area contributed by atoms with Crippen LogP contribution in [0.2, 0.25) is 10.0 Å². The molecule has 0 bridgehead atoms. The van der Waals surface area contributed by atoms with Gasteiger partial charge in [0, 0.05) is 31.7 Å². The van der Waals surface area contributed by atoms with Gasteiger partial charge in [-0.15, -0.1) is 0 Å². The van der Waals surface area contributed by atoms with Gasteiger partial charge in [0.25, 0.3) is 0 Å². The van der Waals surface area contributed by atoms with Crippen molar-refractivity contribution in [1.29, 1.82) is 0 Å². The van der Waals surface area contributed by atoms with Gasteiger partial charge in [-0.2, -0.15) is 0 Å². The molecule has 0 radical (unpaired) electrons. The van der Waals surface area contributed by atoms with E-state index in [0.717, 1.165) is 18.4 Å². The Bertz CT molecular complexity index is 1130. The summed E-state index contributed by atoms with van der Waals surface area (Å²) in [6, 6.07) is 13.9. The number of benzene rings is 2. The van der Waals surface area contributed by atoms with Crippen molar-refractivity contribution in [3.63, 3.8) is 0 Å². The fraction of sp³-hybridized carbons (Fsp3) is 0.444. The maximum atomic E-state index is 13.7. The topological polar surface area (TPSA) is 122 Å². The van der Waals surface area contributed by atoms with Gasteiger partial charge in [0.15, 0.2) is 0 Å². The molecule has 0 spiro atoms. The van der Waals surface area contributed by atoms with Crippen LogP contribution >= 0.6 is 23.2 Å². The summed E-state index contributed by atoms with van der Waals surface area (Å²) in [4.78, 5) is 42.7. The zero-order valence-electron chi connectivity index (χ0n) is 20.6. The molecule has 0 aromatic heterocycles. The number of carbonyl (C=O) groups is 3. The quantitative estimate of drug-likeness (QED) is 0.446. The van der Waals surface area contributed by atoms with E-state index >= 15 is 0 Å². The van der Waals surface area contributed by atoms with Gasteiger partial charge in [-0.25, -0.2) is 0 Å². The predicted octanol–water partition coefficient (Wildman–Crippen LogP) is 2.49. The van der Waals surface area contributed by atoms with E-state index in [0.29, 0.717) is 36.0 Å². The summed E-state index contributed by atoms with van der Waals surface area (Å²) >= 11 is 12.1. The largest absolute Gasteiger partial charge is 0.370 e. The second-order valence-corrected chi connectivity index (χ2v) is 10.7. The highest BCUT2D eigenvalue weighted by atomic mass is 35.5. The molecule has 1 unspecified atom stereocenters. The number of primary amides is 1. The molecule has 2 aromatic carbocycles. The van der Waals surface area contributed by atoms with E-state index in [2.05, 4.69) is 22.3 Å². The number of nitrogens with zero attached hydrogens (tertiary/aromatic N) is 2. The number of carbonyl (C=O) groups excluding carboxylic acids is 3. The molecular weight excluding hydrogens is 513 g/mol. The maximum absolute atomic E-state index is 13.7. The molecule has 0 aliphatic carbocycles. The van der Waals surface area contributed by atoms with Crippen molar-refractivity contribution in [3.8, 4) is 0 Å². The number of amides is 3. The van der Waals surface area contributed by atoms with Crippen LogP contribution in [0.3, 0.4) is 0 Å². The first kappa shape index (κ1) is 27.4. The third-order valence-corrected chi connectivity index (χ3v) is 7.98. The van der Waals surface area contributed by atoms with E-state index in [9.17, 15) is 14.4 Å². The van der Waals surface area contributed by atoms with Crippen LogP contribution in [0.1, 0.15) is 36.8 Å². The fourth-order valence-electron chi connectivity index (χ4n) is 5.39. The first-order valence-corrected chi connectivity index (χ1v) is 13.3. The summed E-state index contributed by atoms with van der Waals surface area (Å²) in [6.07, 6.45) is 2.69. The number of rotatable bonds is 9. The molecular formula is C27H33Cl2N5O3. The molecule has 2 saturated heterocycles. The lowest BCUT2D eigenvalue weighted by Gasteiger charge is -2.32. The smallest absolute Gasteiger partial charge is 0.243 e. The molecule has 2 aliphatic rings. The van der Waals surface area contributed by atoms with E-state index in [1.165, 1.54) is 10.5 Å². The van der Waals surface area contributed by atoms with Crippen LogP contribution in [0, 0.1) is 0 Å². The molecule has 2 fully saturated rings. The van der Waals surface area contributed by atoms with Crippen molar-refractivity contribution < 1.29 is 14.4 Å². The summed E-state index contributed by atoms with van der Waals surface area (Å²) < 4.78 is 0. The standard InChI is InChI=1S/C27H33Cl2N5O3/c28-21-9-7-18(12-22(21)29)15-32-26(36)23(14-25(31)35)33-11-10-20(8-6-17-4-2-1-3-5-17)34-16-19(30)13-24(34)27(33)37/h1-5,7,9,12,19-20,23-24H,6,8,10-11,13-16,30H2,(H2,31,35)(H,32,36)/t19-,20?,23-,24+/m1/s1. The lowest BCUT2D eigenvalue weighted by atomic mass is 10.0. The molecule has 5 N–H and O–H groups in total. The average molecular weight is 546 g/mol. The van der Waals surface area contributed by atoms with Gasteiger partial charge in [0.05, 0.1) is 22.5 Å². The van der Waals surface area contributed by atoms with Gasteiger partial charge in [-0.3, -0.25) is 19.3 Å². The number of aryl methyl sites for hydroxylation is 1. The Labute approximate surface area is 227 Å². The normalized spacial score (nSPS) is 22.8. The summed E-state index contributed by atoms with van der Waals surface area (Å²) in [7, 11) is 0. The SMILES string of the molecule is NC(=O)C[C@H](C(=O)NCc1ccc(Cl)c(Cl)c1)N1CCC(CCc2ccccc2)N2C[C@H](N)C[C@H]2C1=O. The monoisotopic (exact) mass is 545 g/mol. The van der Waals surface area contributed by atoms with Crippen LogP contribution in [0.25, 0.3) is 0 Å². The minimum Gasteiger partial charge on any atom is -0.370 e. The van der Waals surface area contributed by atoms with E-state index < -0.39 is 23.9 Å². The summed E-state index contributed by atoms with van der Waals surface area (Å²) in [6.45, 7) is 1.17. The molecule has 2 aromatic rings. The van der Waals surface area contributed by atoms with Crippen molar-refractivity contribution in [2.24, 2.45) is 11.5 Å². The molecule has 8 nitrogen and oxygen atoms in total. The van der Waals surface area contributed by atoms with Crippen molar-refractivity contribution in [1.82, 2.24) is 15.1 Å². The van der Waals surface area contributed by atoms with Crippen LogP contribution in [-0.2, 0) is 27.3 Å². The second-order valence-electron chi connectivity index (χ2n) is 9.86. The average Bonchev–Trinajstić information content (AvgIpc) is 3.22. The van der Waals surface area contributed by atoms with Crippen molar-refractivity contribution in [2.45, 2.75) is 62.8 Å². The zero-order chi connectivity index (χ0) is 26.5. The molecule has 3 amide bonds. The Hall–Kier alpha value is -2.65. The van der Waals surface area contributed by atoms with Crippen LogP contribution in [0.15, 0.2) is 48.5 Å². The highest BCUT2D eigenvalue weighted by Gasteiger charge is 2.45. The summed E-state index contributed by atoms with van der Waals surface area (Å²) in [5.41, 5.74) is 13.8. The maximum Gasteiger partial charge on any atom is 0.243 e. The van der Waals surface area contributed by atoms with Gasteiger partial charge < -0.3 is 21.7 Å². The number of fused-ring (bicyclic) bond motifs is 1. The number of hydrogen-bond acceptors (Lipinski definition) is 5. The van der Waals surface area contributed by atoms with E-state index in [-0.39, 0.29) is 31.0 Å². The summed E-state index contributed by atoms with van der Waals surface area (Å²) in [5.74, 6) is -1.26.